The lowest BCUT2D eigenvalue weighted by molar-refractivity contribution is -0.0589. The molecule has 0 saturated heterocycles. The van der Waals surface area contributed by atoms with Crippen LogP contribution < -0.4 is 15.5 Å². The van der Waals surface area contributed by atoms with Gasteiger partial charge in [0.2, 0.25) is 10.0 Å². The third-order valence-electron chi connectivity index (χ3n) is 5.47. The first-order valence-electron chi connectivity index (χ1n) is 11.9. The van der Waals surface area contributed by atoms with E-state index in [1.54, 1.807) is 45.9 Å². The third kappa shape index (κ3) is 7.65. The maximum atomic E-state index is 15.5. The van der Waals surface area contributed by atoms with E-state index in [4.69, 9.17) is 16.4 Å². The zero-order valence-electron chi connectivity index (χ0n) is 22.0. The molecule has 3 rings (SSSR count). The van der Waals surface area contributed by atoms with Crippen molar-refractivity contribution in [3.63, 3.8) is 0 Å². The van der Waals surface area contributed by atoms with Crippen LogP contribution in [-0.2, 0) is 21.3 Å². The van der Waals surface area contributed by atoms with E-state index in [-0.39, 0.29) is 38.8 Å². The minimum Gasteiger partial charge on any atom is -0.351 e. The number of hydroxylamine groups is 1. The van der Waals surface area contributed by atoms with Gasteiger partial charge in [-0.3, -0.25) is 14.4 Å². The van der Waals surface area contributed by atoms with Gasteiger partial charge in [-0.25, -0.2) is 27.1 Å². The molecular weight excluding hydrogens is 555 g/mol. The van der Waals surface area contributed by atoms with Crippen molar-refractivity contribution in [3.05, 3.63) is 87.2 Å². The molecule has 0 aliphatic heterocycles. The highest BCUT2D eigenvalue weighted by Crippen LogP contribution is 2.34. The van der Waals surface area contributed by atoms with E-state index in [9.17, 15) is 13.2 Å². The molecule has 0 aromatic heterocycles. The number of hydrogen-bond acceptors (Lipinski definition) is 5. The highest BCUT2D eigenvalue weighted by molar-refractivity contribution is 7.92. The normalized spacial score (nSPS) is 11.8. The first-order valence-corrected chi connectivity index (χ1v) is 13.9. The smallest absolute Gasteiger partial charge is 0.277 e. The fourth-order valence-electron chi connectivity index (χ4n) is 3.46. The van der Waals surface area contributed by atoms with E-state index in [2.05, 4.69) is 15.5 Å². The Morgan fingerprint density at radius 3 is 2.28 bits per heavy atom. The van der Waals surface area contributed by atoms with Gasteiger partial charge in [-0.1, -0.05) is 29.8 Å². The summed E-state index contributed by atoms with van der Waals surface area (Å²) in [7, 11) is -3.79. The fraction of sp³-hybridized carbons (Fsp3) is 0.296. The third-order valence-corrected chi connectivity index (χ3v) is 7.07. The molecule has 0 unspecified atom stereocenters. The van der Waals surface area contributed by atoms with Crippen molar-refractivity contribution in [1.29, 1.82) is 0 Å². The van der Waals surface area contributed by atoms with Crippen molar-refractivity contribution >= 4 is 44.6 Å². The second-order valence-corrected chi connectivity index (χ2v) is 12.2. The van der Waals surface area contributed by atoms with Crippen LogP contribution in [0.5, 0.6) is 0 Å². The molecule has 0 fully saturated rings. The van der Waals surface area contributed by atoms with Crippen LogP contribution in [-0.4, -0.2) is 25.7 Å². The highest BCUT2D eigenvalue weighted by atomic mass is 35.5. The average molecular weight is 584 g/mol. The van der Waals surface area contributed by atoms with Gasteiger partial charge in [0.1, 0.15) is 0 Å². The lowest BCUT2D eigenvalue weighted by Crippen LogP contribution is -2.34. The first-order chi connectivity index (χ1) is 18.1. The molecule has 0 spiro atoms. The van der Waals surface area contributed by atoms with Gasteiger partial charge in [0, 0.05) is 6.42 Å². The fourth-order valence-corrected chi connectivity index (χ4v) is 4.38. The van der Waals surface area contributed by atoms with Crippen molar-refractivity contribution in [3.8, 4) is 0 Å². The van der Waals surface area contributed by atoms with Crippen LogP contribution in [0.25, 0.3) is 0 Å². The standard InChI is InChI=1S/C27H29ClF3N3O4S/c1-6-39(36,37)34-21-9-7-8-16(22(21)29)13-17-14-18(26(35)33-38-27(3,4)5)25(24(31)23(17)30)32-20-11-10-15(2)12-19(20)28/h7-12,14,32,34H,6,13H2,1-5H3,(H,33,35). The largest absolute Gasteiger partial charge is 0.351 e. The summed E-state index contributed by atoms with van der Waals surface area (Å²) < 4.78 is 72.0. The predicted molar refractivity (Wildman–Crippen MR) is 146 cm³/mol. The van der Waals surface area contributed by atoms with Gasteiger partial charge in [0.15, 0.2) is 17.5 Å². The summed E-state index contributed by atoms with van der Waals surface area (Å²) in [5, 5.41) is 2.90. The number of carbonyl (C=O) groups is 1. The Hall–Kier alpha value is -3.28. The summed E-state index contributed by atoms with van der Waals surface area (Å²) in [5.74, 6) is -4.85. The van der Waals surface area contributed by atoms with Gasteiger partial charge in [0.25, 0.3) is 5.91 Å². The summed E-state index contributed by atoms with van der Waals surface area (Å²) in [5.41, 5.74) is 0.864. The number of nitrogens with one attached hydrogen (secondary N) is 3. The van der Waals surface area contributed by atoms with Crippen molar-refractivity contribution in [2.45, 2.75) is 46.6 Å². The van der Waals surface area contributed by atoms with Gasteiger partial charge < -0.3 is 5.32 Å². The molecule has 39 heavy (non-hydrogen) atoms. The van der Waals surface area contributed by atoms with Crippen molar-refractivity contribution in [2.24, 2.45) is 0 Å². The zero-order chi connectivity index (χ0) is 29.1. The number of benzene rings is 3. The van der Waals surface area contributed by atoms with Crippen LogP contribution in [0, 0.1) is 24.4 Å². The van der Waals surface area contributed by atoms with E-state index in [1.807, 2.05) is 0 Å². The second-order valence-electron chi connectivity index (χ2n) is 9.80. The topological polar surface area (TPSA) is 96.5 Å². The summed E-state index contributed by atoms with van der Waals surface area (Å²) in [6.45, 7) is 8.22. The Balaban J connectivity index is 2.09. The molecule has 0 heterocycles. The summed E-state index contributed by atoms with van der Waals surface area (Å²) in [6.07, 6.45) is -0.484. The molecule has 0 aliphatic rings. The second kappa shape index (κ2) is 11.8. The molecule has 1 amide bonds. The molecule has 3 N–H and O–H groups in total. The molecule has 0 radical (unpaired) electrons. The van der Waals surface area contributed by atoms with Gasteiger partial charge in [0.05, 0.1) is 39.0 Å². The predicted octanol–water partition coefficient (Wildman–Crippen LogP) is 6.62. The quantitative estimate of drug-likeness (QED) is 0.246. The number of anilines is 3. The number of amides is 1. The summed E-state index contributed by atoms with van der Waals surface area (Å²) in [4.78, 5) is 18.4. The number of aryl methyl sites for hydroxylation is 1. The molecule has 0 aliphatic carbocycles. The number of sulfonamides is 1. The Labute approximate surface area is 230 Å². The van der Waals surface area contributed by atoms with E-state index in [1.165, 1.54) is 25.1 Å². The molecule has 0 bridgehead atoms. The Morgan fingerprint density at radius 2 is 1.67 bits per heavy atom. The maximum Gasteiger partial charge on any atom is 0.277 e. The van der Waals surface area contributed by atoms with Gasteiger partial charge >= 0.3 is 0 Å². The number of carbonyl (C=O) groups excluding carboxylic acids is 1. The van der Waals surface area contributed by atoms with Gasteiger partial charge in [-0.2, -0.15) is 0 Å². The molecule has 0 atom stereocenters. The molecule has 210 valence electrons. The monoisotopic (exact) mass is 583 g/mol. The number of hydrogen-bond donors (Lipinski definition) is 3. The number of halogens is 4. The summed E-state index contributed by atoms with van der Waals surface area (Å²) >= 11 is 6.26. The molecule has 3 aromatic rings. The van der Waals surface area contributed by atoms with Crippen molar-refractivity contribution in [2.75, 3.05) is 15.8 Å². The van der Waals surface area contributed by atoms with E-state index in [0.29, 0.717) is 0 Å². The lowest BCUT2D eigenvalue weighted by Gasteiger charge is -2.21. The number of rotatable bonds is 9. The van der Waals surface area contributed by atoms with Crippen LogP contribution >= 0.6 is 11.6 Å². The summed E-state index contributed by atoms with van der Waals surface area (Å²) in [6, 6.07) is 9.82. The molecule has 0 saturated carbocycles. The molecule has 7 nitrogen and oxygen atoms in total. The zero-order valence-corrected chi connectivity index (χ0v) is 23.6. The molecular formula is C27H29ClF3N3O4S. The van der Waals surface area contributed by atoms with Crippen molar-refractivity contribution < 1.29 is 31.2 Å². The van der Waals surface area contributed by atoms with Crippen LogP contribution in [0.1, 0.15) is 54.7 Å². The maximum absolute atomic E-state index is 15.5. The van der Waals surface area contributed by atoms with Crippen molar-refractivity contribution in [1.82, 2.24) is 5.48 Å². The van der Waals surface area contributed by atoms with Crippen LogP contribution in [0.2, 0.25) is 5.02 Å². The minimum atomic E-state index is -3.79. The lowest BCUT2D eigenvalue weighted by atomic mass is 9.99. The van der Waals surface area contributed by atoms with Crippen LogP contribution in [0.15, 0.2) is 42.5 Å². The van der Waals surface area contributed by atoms with E-state index < -0.39 is 51.1 Å². The van der Waals surface area contributed by atoms with E-state index >= 15 is 13.2 Å². The minimum absolute atomic E-state index is 0.121. The molecule has 12 heteroatoms. The first kappa shape index (κ1) is 30.3. The van der Waals surface area contributed by atoms with Crippen LogP contribution in [0.4, 0.5) is 30.2 Å². The average Bonchev–Trinajstić information content (AvgIpc) is 2.85. The van der Waals surface area contributed by atoms with Crippen LogP contribution in [0.3, 0.4) is 0 Å². The Kier molecular flexibility index (Phi) is 9.20. The molecule has 3 aromatic carbocycles. The highest BCUT2D eigenvalue weighted by Gasteiger charge is 2.26. The SMILES string of the molecule is CCS(=O)(=O)Nc1cccc(Cc2cc(C(=O)NOC(C)(C)C)c(Nc3ccc(C)cc3Cl)c(F)c2F)c1F. The Bertz CT molecular complexity index is 1510. The van der Waals surface area contributed by atoms with Gasteiger partial charge in [-0.05, 0) is 75.6 Å². The van der Waals surface area contributed by atoms with E-state index in [0.717, 1.165) is 11.6 Å². The Morgan fingerprint density at radius 1 is 0.974 bits per heavy atom. The van der Waals surface area contributed by atoms with Gasteiger partial charge in [-0.15, -0.1) is 0 Å².